The number of nitrogens with zero attached hydrogens (tertiary/aromatic N) is 1. The monoisotopic (exact) mass is 222 g/mol. The summed E-state index contributed by atoms with van der Waals surface area (Å²) in [7, 11) is 0. The normalized spacial score (nSPS) is 26.9. The van der Waals surface area contributed by atoms with Crippen molar-refractivity contribution in [2.24, 2.45) is 5.73 Å². The molecule has 1 heterocycles. The molecular formula is C13H19FN2. The zero-order valence-electron chi connectivity index (χ0n) is 9.70. The molecule has 88 valence electrons. The predicted octanol–water partition coefficient (Wildman–Crippen LogP) is 2.14. The summed E-state index contributed by atoms with van der Waals surface area (Å²) in [6, 6.07) is 7.76. The van der Waals surface area contributed by atoms with E-state index in [0.29, 0.717) is 18.6 Å². The van der Waals surface area contributed by atoms with Gasteiger partial charge in [-0.3, -0.25) is 4.90 Å². The summed E-state index contributed by atoms with van der Waals surface area (Å²) in [6.07, 6.45) is 2.02. The first-order valence-corrected chi connectivity index (χ1v) is 5.90. The Morgan fingerprint density at radius 1 is 1.44 bits per heavy atom. The number of rotatable bonds is 2. The maximum absolute atomic E-state index is 13.5. The number of likely N-dealkylation sites (tertiary alicyclic amines) is 1. The van der Waals surface area contributed by atoms with Gasteiger partial charge in [-0.05, 0) is 25.8 Å². The van der Waals surface area contributed by atoms with E-state index >= 15 is 0 Å². The lowest BCUT2D eigenvalue weighted by atomic mass is 9.98. The molecule has 0 radical (unpaired) electrons. The van der Waals surface area contributed by atoms with Crippen LogP contribution in [-0.4, -0.2) is 23.5 Å². The minimum Gasteiger partial charge on any atom is -0.328 e. The molecule has 2 N–H and O–H groups in total. The Bertz CT molecular complexity index is 354. The van der Waals surface area contributed by atoms with Crippen molar-refractivity contribution in [3.05, 3.63) is 35.6 Å². The molecule has 0 spiro atoms. The van der Waals surface area contributed by atoms with Gasteiger partial charge in [-0.15, -0.1) is 0 Å². The van der Waals surface area contributed by atoms with Gasteiger partial charge in [0.2, 0.25) is 0 Å². The fourth-order valence-corrected chi connectivity index (χ4v) is 2.34. The van der Waals surface area contributed by atoms with Gasteiger partial charge >= 0.3 is 0 Å². The molecule has 1 aromatic rings. The lowest BCUT2D eigenvalue weighted by Crippen LogP contribution is -2.45. The second-order valence-electron chi connectivity index (χ2n) is 4.70. The molecule has 3 heteroatoms. The van der Waals surface area contributed by atoms with Crippen LogP contribution >= 0.6 is 0 Å². The van der Waals surface area contributed by atoms with E-state index in [4.69, 9.17) is 5.73 Å². The Morgan fingerprint density at radius 2 is 2.19 bits per heavy atom. The highest BCUT2D eigenvalue weighted by Crippen LogP contribution is 2.19. The van der Waals surface area contributed by atoms with Gasteiger partial charge in [0.15, 0.2) is 0 Å². The van der Waals surface area contributed by atoms with Crippen molar-refractivity contribution in [1.29, 1.82) is 0 Å². The van der Waals surface area contributed by atoms with Gasteiger partial charge in [0.25, 0.3) is 0 Å². The van der Waals surface area contributed by atoms with Gasteiger partial charge in [-0.2, -0.15) is 0 Å². The fraction of sp³-hybridized carbons (Fsp3) is 0.538. The standard InChI is InChI=1S/C13H19FN2/c1-10-8-12(15)6-7-16(10)9-11-4-2-3-5-13(11)14/h2-5,10,12H,6-9,15H2,1H3. The average molecular weight is 222 g/mol. The van der Waals surface area contributed by atoms with Crippen molar-refractivity contribution in [3.8, 4) is 0 Å². The Kier molecular flexibility index (Phi) is 3.56. The second kappa shape index (κ2) is 4.93. The molecule has 0 aliphatic carbocycles. The molecule has 1 aliphatic rings. The van der Waals surface area contributed by atoms with E-state index in [0.717, 1.165) is 24.9 Å². The summed E-state index contributed by atoms with van der Waals surface area (Å²) in [5, 5.41) is 0. The highest BCUT2D eigenvalue weighted by atomic mass is 19.1. The van der Waals surface area contributed by atoms with Crippen molar-refractivity contribution in [1.82, 2.24) is 4.90 Å². The molecule has 2 unspecified atom stereocenters. The molecule has 1 saturated heterocycles. The third-order valence-electron chi connectivity index (χ3n) is 3.39. The quantitative estimate of drug-likeness (QED) is 0.830. The third-order valence-corrected chi connectivity index (χ3v) is 3.39. The third kappa shape index (κ3) is 2.60. The van der Waals surface area contributed by atoms with E-state index in [1.54, 1.807) is 6.07 Å². The van der Waals surface area contributed by atoms with E-state index in [1.807, 2.05) is 12.1 Å². The fourth-order valence-electron chi connectivity index (χ4n) is 2.34. The summed E-state index contributed by atoms with van der Waals surface area (Å²) in [5.41, 5.74) is 6.69. The van der Waals surface area contributed by atoms with Gasteiger partial charge < -0.3 is 5.73 Å². The van der Waals surface area contributed by atoms with Crippen molar-refractivity contribution in [2.75, 3.05) is 6.54 Å². The van der Waals surface area contributed by atoms with Crippen LogP contribution < -0.4 is 5.73 Å². The van der Waals surface area contributed by atoms with Crippen molar-refractivity contribution < 1.29 is 4.39 Å². The lowest BCUT2D eigenvalue weighted by molar-refractivity contribution is 0.138. The predicted molar refractivity (Wildman–Crippen MR) is 63.5 cm³/mol. The number of nitrogens with two attached hydrogens (primary N) is 1. The Labute approximate surface area is 96.2 Å². The van der Waals surface area contributed by atoms with Crippen LogP contribution in [0.3, 0.4) is 0 Å². The highest BCUT2D eigenvalue weighted by Gasteiger charge is 2.23. The summed E-state index contributed by atoms with van der Waals surface area (Å²) < 4.78 is 13.5. The molecule has 16 heavy (non-hydrogen) atoms. The molecule has 2 nitrogen and oxygen atoms in total. The lowest BCUT2D eigenvalue weighted by Gasteiger charge is -2.36. The zero-order valence-corrected chi connectivity index (χ0v) is 9.70. The van der Waals surface area contributed by atoms with Crippen LogP contribution in [0, 0.1) is 5.82 Å². The maximum atomic E-state index is 13.5. The number of halogens is 1. The molecule has 0 saturated carbocycles. The van der Waals surface area contributed by atoms with Crippen LogP contribution in [-0.2, 0) is 6.54 Å². The second-order valence-corrected chi connectivity index (χ2v) is 4.70. The minimum atomic E-state index is -0.107. The first-order chi connectivity index (χ1) is 7.66. The van der Waals surface area contributed by atoms with Crippen LogP contribution in [0.15, 0.2) is 24.3 Å². The summed E-state index contributed by atoms with van der Waals surface area (Å²) >= 11 is 0. The topological polar surface area (TPSA) is 29.3 Å². The van der Waals surface area contributed by atoms with Crippen LogP contribution in [0.25, 0.3) is 0 Å². The first kappa shape index (κ1) is 11.6. The van der Waals surface area contributed by atoms with E-state index in [1.165, 1.54) is 6.07 Å². The van der Waals surface area contributed by atoms with Gasteiger partial charge in [0.1, 0.15) is 5.82 Å². The molecule has 2 atom stereocenters. The van der Waals surface area contributed by atoms with Crippen molar-refractivity contribution in [3.63, 3.8) is 0 Å². The number of benzene rings is 1. The minimum absolute atomic E-state index is 0.107. The van der Waals surface area contributed by atoms with E-state index in [2.05, 4.69) is 11.8 Å². The SMILES string of the molecule is CC1CC(N)CCN1Cc1ccccc1F. The molecule has 0 bridgehead atoms. The molecule has 0 aromatic heterocycles. The highest BCUT2D eigenvalue weighted by molar-refractivity contribution is 5.17. The van der Waals surface area contributed by atoms with Gasteiger partial charge in [0.05, 0.1) is 0 Å². The number of hydrogen-bond donors (Lipinski definition) is 1. The van der Waals surface area contributed by atoms with Crippen molar-refractivity contribution in [2.45, 2.75) is 38.4 Å². The number of hydrogen-bond acceptors (Lipinski definition) is 2. The molecule has 0 amide bonds. The van der Waals surface area contributed by atoms with Gasteiger partial charge in [0, 0.05) is 30.7 Å². The zero-order chi connectivity index (χ0) is 11.5. The molecule has 1 aromatic carbocycles. The molecule has 1 fully saturated rings. The number of piperidine rings is 1. The van der Waals surface area contributed by atoms with E-state index in [9.17, 15) is 4.39 Å². The summed E-state index contributed by atoms with van der Waals surface area (Å²) in [5.74, 6) is -0.107. The Balaban J connectivity index is 2.02. The molecule has 2 rings (SSSR count). The van der Waals surface area contributed by atoms with Gasteiger partial charge in [-0.1, -0.05) is 18.2 Å². The van der Waals surface area contributed by atoms with E-state index < -0.39 is 0 Å². The summed E-state index contributed by atoms with van der Waals surface area (Å²) in [4.78, 5) is 2.31. The Hall–Kier alpha value is -0.930. The first-order valence-electron chi connectivity index (χ1n) is 5.90. The molecular weight excluding hydrogens is 203 g/mol. The van der Waals surface area contributed by atoms with Crippen LogP contribution in [0.5, 0.6) is 0 Å². The maximum Gasteiger partial charge on any atom is 0.127 e. The smallest absolute Gasteiger partial charge is 0.127 e. The summed E-state index contributed by atoms with van der Waals surface area (Å²) in [6.45, 7) is 3.83. The Morgan fingerprint density at radius 3 is 2.88 bits per heavy atom. The average Bonchev–Trinajstić information content (AvgIpc) is 2.25. The van der Waals surface area contributed by atoms with Crippen LogP contribution in [0.1, 0.15) is 25.3 Å². The largest absolute Gasteiger partial charge is 0.328 e. The molecule has 1 aliphatic heterocycles. The van der Waals surface area contributed by atoms with Crippen LogP contribution in [0.4, 0.5) is 4.39 Å². The van der Waals surface area contributed by atoms with E-state index in [-0.39, 0.29) is 5.82 Å². The van der Waals surface area contributed by atoms with Gasteiger partial charge in [-0.25, -0.2) is 4.39 Å². The van der Waals surface area contributed by atoms with Crippen molar-refractivity contribution >= 4 is 0 Å². The van der Waals surface area contributed by atoms with Crippen LogP contribution in [0.2, 0.25) is 0 Å².